The number of nitrogens with two attached hydrogens (primary N) is 1. The van der Waals surface area contributed by atoms with Crippen molar-refractivity contribution in [2.24, 2.45) is 5.73 Å². The molecule has 1 aliphatic rings. The average molecular weight is 303 g/mol. The lowest BCUT2D eigenvalue weighted by Crippen LogP contribution is -2.25. The molecular weight excluding hydrogens is 282 g/mol. The van der Waals surface area contributed by atoms with Gasteiger partial charge in [-0.15, -0.1) is 0 Å². The van der Waals surface area contributed by atoms with Crippen LogP contribution in [0.25, 0.3) is 0 Å². The predicted octanol–water partition coefficient (Wildman–Crippen LogP) is 2.21. The van der Waals surface area contributed by atoms with Crippen molar-refractivity contribution in [2.75, 3.05) is 11.5 Å². The molecule has 0 spiro atoms. The Morgan fingerprint density at radius 2 is 2.00 bits per heavy atom. The molecule has 0 radical (unpaired) electrons. The molecule has 0 saturated carbocycles. The van der Waals surface area contributed by atoms with E-state index in [9.17, 15) is 4.21 Å². The monoisotopic (exact) mass is 303 g/mol. The van der Waals surface area contributed by atoms with Crippen molar-refractivity contribution in [2.45, 2.75) is 31.3 Å². The molecule has 0 unspecified atom stereocenters. The van der Waals surface area contributed by atoms with Crippen LogP contribution in [0.1, 0.15) is 36.2 Å². The van der Waals surface area contributed by atoms with E-state index < -0.39 is 10.8 Å². The molecule has 4 nitrogen and oxygen atoms in total. The molecular formula is C16H21N3OS. The first-order chi connectivity index (χ1) is 10.2. The minimum atomic E-state index is -0.636. The quantitative estimate of drug-likeness (QED) is 0.942. The highest BCUT2D eigenvalue weighted by atomic mass is 32.2. The number of nitrogens with zero attached hydrogens (tertiary/aromatic N) is 2. The Labute approximate surface area is 127 Å². The Morgan fingerprint density at radius 1 is 1.29 bits per heavy atom. The van der Waals surface area contributed by atoms with Gasteiger partial charge in [-0.3, -0.25) is 4.21 Å². The topological polar surface area (TPSA) is 60.9 Å². The van der Waals surface area contributed by atoms with Crippen LogP contribution in [0, 0.1) is 0 Å². The van der Waals surface area contributed by atoms with Gasteiger partial charge >= 0.3 is 0 Å². The molecule has 1 aromatic carbocycles. The summed E-state index contributed by atoms with van der Waals surface area (Å²) in [5, 5.41) is 0. The molecule has 0 bridgehead atoms. The SMILES string of the molecule is N[C@H](Cc1ccccc1)c1cncn1C1CCS(=O)CC1. The average Bonchev–Trinajstić information content (AvgIpc) is 2.98. The molecule has 3 rings (SSSR count). The van der Waals surface area contributed by atoms with Crippen molar-refractivity contribution in [1.82, 2.24) is 9.55 Å². The van der Waals surface area contributed by atoms with E-state index in [1.54, 1.807) is 0 Å². The largest absolute Gasteiger partial charge is 0.330 e. The number of hydrogen-bond donors (Lipinski definition) is 1. The van der Waals surface area contributed by atoms with Crippen LogP contribution in [0.4, 0.5) is 0 Å². The van der Waals surface area contributed by atoms with Crippen molar-refractivity contribution >= 4 is 10.8 Å². The summed E-state index contributed by atoms with van der Waals surface area (Å²) in [7, 11) is -0.636. The Hall–Kier alpha value is -1.46. The zero-order valence-corrected chi connectivity index (χ0v) is 12.8. The Kier molecular flexibility index (Phi) is 4.51. The molecule has 112 valence electrons. The van der Waals surface area contributed by atoms with Gasteiger partial charge in [-0.25, -0.2) is 4.98 Å². The van der Waals surface area contributed by atoms with E-state index in [0.29, 0.717) is 6.04 Å². The Bertz CT molecular complexity index is 601. The van der Waals surface area contributed by atoms with E-state index in [0.717, 1.165) is 36.5 Å². The number of aromatic nitrogens is 2. The molecule has 2 N–H and O–H groups in total. The summed E-state index contributed by atoms with van der Waals surface area (Å²) in [6.07, 6.45) is 6.46. The van der Waals surface area contributed by atoms with Gasteiger partial charge < -0.3 is 10.3 Å². The summed E-state index contributed by atoms with van der Waals surface area (Å²) in [6.45, 7) is 0. The molecule has 5 heteroatoms. The molecule has 1 saturated heterocycles. The Balaban J connectivity index is 1.74. The van der Waals surface area contributed by atoms with Crippen molar-refractivity contribution in [3.63, 3.8) is 0 Å². The second-order valence-corrected chi connectivity index (χ2v) is 7.30. The summed E-state index contributed by atoms with van der Waals surface area (Å²) in [5.74, 6) is 1.58. The lowest BCUT2D eigenvalue weighted by molar-refractivity contribution is 0.437. The van der Waals surface area contributed by atoms with Crippen molar-refractivity contribution < 1.29 is 4.21 Å². The smallest absolute Gasteiger partial charge is 0.0951 e. The molecule has 0 amide bonds. The fraction of sp³-hybridized carbons (Fsp3) is 0.438. The Morgan fingerprint density at radius 3 is 2.71 bits per heavy atom. The molecule has 2 heterocycles. The number of imidazole rings is 1. The number of rotatable bonds is 4. The van der Waals surface area contributed by atoms with E-state index in [2.05, 4.69) is 21.7 Å². The van der Waals surface area contributed by atoms with Crippen LogP contribution in [-0.2, 0) is 17.2 Å². The third-order valence-corrected chi connectivity index (χ3v) is 5.51. The molecule has 0 aliphatic carbocycles. The van der Waals surface area contributed by atoms with Gasteiger partial charge in [0.1, 0.15) is 0 Å². The van der Waals surface area contributed by atoms with E-state index >= 15 is 0 Å². The highest BCUT2D eigenvalue weighted by molar-refractivity contribution is 7.85. The summed E-state index contributed by atoms with van der Waals surface area (Å²) in [6, 6.07) is 10.6. The van der Waals surface area contributed by atoms with Crippen LogP contribution in [-0.4, -0.2) is 25.3 Å². The van der Waals surface area contributed by atoms with Crippen LogP contribution < -0.4 is 5.73 Å². The predicted molar refractivity (Wildman–Crippen MR) is 85.4 cm³/mol. The van der Waals surface area contributed by atoms with E-state index in [1.165, 1.54) is 5.56 Å². The van der Waals surface area contributed by atoms with E-state index in [4.69, 9.17) is 5.73 Å². The normalized spacial score (nSPS) is 23.9. The summed E-state index contributed by atoms with van der Waals surface area (Å²) < 4.78 is 13.7. The molecule has 1 aromatic heterocycles. The van der Waals surface area contributed by atoms with Gasteiger partial charge in [0.25, 0.3) is 0 Å². The van der Waals surface area contributed by atoms with Gasteiger partial charge in [0.15, 0.2) is 0 Å². The second-order valence-electron chi connectivity index (χ2n) is 5.60. The van der Waals surface area contributed by atoms with Crippen LogP contribution in [0.5, 0.6) is 0 Å². The summed E-state index contributed by atoms with van der Waals surface area (Å²) in [4.78, 5) is 4.29. The summed E-state index contributed by atoms with van der Waals surface area (Å²) >= 11 is 0. The highest BCUT2D eigenvalue weighted by Gasteiger charge is 2.23. The van der Waals surface area contributed by atoms with Crippen LogP contribution in [0.3, 0.4) is 0 Å². The van der Waals surface area contributed by atoms with Gasteiger partial charge in [0.2, 0.25) is 0 Å². The lowest BCUT2D eigenvalue weighted by Gasteiger charge is -2.26. The third-order valence-electron chi connectivity index (χ3n) is 4.13. The second kappa shape index (κ2) is 6.54. The van der Waals surface area contributed by atoms with Crippen molar-refractivity contribution in [3.05, 3.63) is 54.1 Å². The van der Waals surface area contributed by atoms with Gasteiger partial charge in [-0.2, -0.15) is 0 Å². The standard InChI is InChI=1S/C16H21N3OS/c17-15(10-13-4-2-1-3-5-13)16-11-18-12-19(16)14-6-8-21(20)9-7-14/h1-5,11-12,14-15H,6-10,17H2/t14?,15-,21?/m1/s1. The van der Waals surface area contributed by atoms with Gasteiger partial charge in [0, 0.05) is 34.5 Å². The molecule has 1 fully saturated rings. The number of benzene rings is 1. The van der Waals surface area contributed by atoms with E-state index in [-0.39, 0.29) is 6.04 Å². The summed E-state index contributed by atoms with van der Waals surface area (Å²) in [5.41, 5.74) is 8.70. The first-order valence-electron chi connectivity index (χ1n) is 7.40. The van der Waals surface area contributed by atoms with Crippen LogP contribution in [0.2, 0.25) is 0 Å². The van der Waals surface area contributed by atoms with Crippen LogP contribution in [0.15, 0.2) is 42.9 Å². The van der Waals surface area contributed by atoms with Crippen molar-refractivity contribution in [1.29, 1.82) is 0 Å². The minimum absolute atomic E-state index is 0.0534. The molecule has 1 aliphatic heterocycles. The minimum Gasteiger partial charge on any atom is -0.330 e. The zero-order valence-electron chi connectivity index (χ0n) is 12.0. The maximum absolute atomic E-state index is 11.5. The van der Waals surface area contributed by atoms with Gasteiger partial charge in [-0.05, 0) is 24.8 Å². The van der Waals surface area contributed by atoms with Gasteiger partial charge in [-0.1, -0.05) is 30.3 Å². The van der Waals surface area contributed by atoms with Crippen molar-refractivity contribution in [3.8, 4) is 0 Å². The fourth-order valence-electron chi connectivity index (χ4n) is 2.94. The maximum atomic E-state index is 11.5. The molecule has 2 aromatic rings. The van der Waals surface area contributed by atoms with Crippen LogP contribution >= 0.6 is 0 Å². The maximum Gasteiger partial charge on any atom is 0.0951 e. The fourth-order valence-corrected chi connectivity index (χ4v) is 4.21. The zero-order chi connectivity index (χ0) is 14.7. The first kappa shape index (κ1) is 14.5. The third kappa shape index (κ3) is 3.41. The first-order valence-corrected chi connectivity index (χ1v) is 8.89. The van der Waals surface area contributed by atoms with E-state index in [1.807, 2.05) is 30.7 Å². The highest BCUT2D eigenvalue weighted by Crippen LogP contribution is 2.26. The number of hydrogen-bond acceptors (Lipinski definition) is 3. The molecule has 1 atom stereocenters. The lowest BCUT2D eigenvalue weighted by atomic mass is 10.0. The van der Waals surface area contributed by atoms with Gasteiger partial charge in [0.05, 0.1) is 18.1 Å². The molecule has 21 heavy (non-hydrogen) atoms.